The van der Waals surface area contributed by atoms with Crippen LogP contribution in [-0.4, -0.2) is 55.8 Å². The number of halogens is 2. The number of Topliss-reactive ketones (excluding diaryl/α,β-unsaturated/α-hetero) is 1. The minimum atomic E-state index is -0.513. The van der Waals surface area contributed by atoms with Gasteiger partial charge in [-0.15, -0.1) is 0 Å². The lowest BCUT2D eigenvalue weighted by atomic mass is 10.0. The highest BCUT2D eigenvalue weighted by molar-refractivity contribution is 6.31. The number of fused-ring (bicyclic) bond motifs is 1. The first-order chi connectivity index (χ1) is 14.9. The van der Waals surface area contributed by atoms with E-state index in [-0.39, 0.29) is 23.7 Å². The molecule has 7 nitrogen and oxygen atoms in total. The summed E-state index contributed by atoms with van der Waals surface area (Å²) in [6.45, 7) is 9.02. The second-order valence-corrected chi connectivity index (χ2v) is 7.84. The van der Waals surface area contributed by atoms with Crippen molar-refractivity contribution in [3.63, 3.8) is 0 Å². The van der Waals surface area contributed by atoms with Gasteiger partial charge in [0.2, 0.25) is 0 Å². The van der Waals surface area contributed by atoms with E-state index in [9.17, 15) is 9.18 Å². The standard InChI is InChI=1S/C20H22ClFN6O.C2H6/c1-11(12(2)29)28-5-3-4-14(10-28)26-20-17(22)9-25-19(27-20)16-8-24-18-15(16)6-13(21)7-23-18;1-2/h6-9,11,14H,3-5,10H2,1-2H3,(H,23,24)(H,25,26,27);1-2H3. The number of carbonyl (C=O) groups is 1. The molecule has 1 saturated heterocycles. The molecular formula is C22H28ClFN6O. The van der Waals surface area contributed by atoms with Crippen LogP contribution in [0.15, 0.2) is 24.7 Å². The predicted octanol–water partition coefficient (Wildman–Crippen LogP) is 4.69. The van der Waals surface area contributed by atoms with Crippen LogP contribution in [0.4, 0.5) is 10.2 Å². The molecular weight excluding hydrogens is 419 g/mol. The highest BCUT2D eigenvalue weighted by Crippen LogP contribution is 2.28. The van der Waals surface area contributed by atoms with E-state index in [1.807, 2.05) is 20.8 Å². The fraction of sp³-hybridized carbons (Fsp3) is 0.455. The van der Waals surface area contributed by atoms with Crippen molar-refractivity contribution in [2.45, 2.75) is 52.6 Å². The largest absolute Gasteiger partial charge is 0.363 e. The maximum absolute atomic E-state index is 14.4. The molecule has 0 aliphatic carbocycles. The first-order valence-corrected chi connectivity index (χ1v) is 11.0. The molecule has 0 aromatic carbocycles. The van der Waals surface area contributed by atoms with Gasteiger partial charge in [0.1, 0.15) is 11.4 Å². The molecule has 1 aliphatic rings. The SMILES string of the molecule is CC.CC(=O)C(C)N1CCCC(Nc2nc(-c3c[nH]c4ncc(Cl)cc34)ncc2F)C1. The number of carbonyl (C=O) groups excluding carboxylic acids is 1. The van der Waals surface area contributed by atoms with E-state index in [0.717, 1.165) is 24.8 Å². The van der Waals surface area contributed by atoms with Crippen molar-refractivity contribution < 1.29 is 9.18 Å². The number of nitrogens with one attached hydrogen (secondary N) is 2. The Morgan fingerprint density at radius 3 is 2.87 bits per heavy atom. The topological polar surface area (TPSA) is 86.8 Å². The zero-order valence-corrected chi connectivity index (χ0v) is 19.0. The molecule has 0 saturated carbocycles. The van der Waals surface area contributed by atoms with Gasteiger partial charge in [0.05, 0.1) is 17.3 Å². The van der Waals surface area contributed by atoms with Crippen molar-refractivity contribution in [2.75, 3.05) is 18.4 Å². The minimum Gasteiger partial charge on any atom is -0.363 e. The Bertz CT molecular complexity index is 1060. The number of hydrogen-bond donors (Lipinski definition) is 2. The molecule has 4 rings (SSSR count). The third-order valence-corrected chi connectivity index (χ3v) is 5.62. The van der Waals surface area contributed by atoms with Crippen molar-refractivity contribution >= 4 is 34.2 Å². The van der Waals surface area contributed by atoms with Crippen LogP contribution in [0.2, 0.25) is 5.02 Å². The van der Waals surface area contributed by atoms with Crippen molar-refractivity contribution in [1.29, 1.82) is 0 Å². The van der Waals surface area contributed by atoms with Crippen LogP contribution in [0, 0.1) is 5.82 Å². The molecule has 3 aromatic heterocycles. The van der Waals surface area contributed by atoms with Gasteiger partial charge in [-0.2, -0.15) is 0 Å². The number of piperidine rings is 1. The second-order valence-electron chi connectivity index (χ2n) is 7.41. The Kier molecular flexibility index (Phi) is 7.56. The Morgan fingerprint density at radius 1 is 1.35 bits per heavy atom. The van der Waals surface area contributed by atoms with Crippen LogP contribution in [0.1, 0.15) is 40.5 Å². The highest BCUT2D eigenvalue weighted by atomic mass is 35.5. The first kappa shape index (κ1) is 23.1. The molecule has 2 atom stereocenters. The van der Waals surface area contributed by atoms with Crippen LogP contribution in [-0.2, 0) is 4.79 Å². The lowest BCUT2D eigenvalue weighted by molar-refractivity contribution is -0.122. The monoisotopic (exact) mass is 446 g/mol. The maximum atomic E-state index is 14.4. The summed E-state index contributed by atoms with van der Waals surface area (Å²) in [6, 6.07) is 1.63. The van der Waals surface area contributed by atoms with Gasteiger partial charge in [0.25, 0.3) is 0 Å². The van der Waals surface area contributed by atoms with Crippen molar-refractivity contribution in [3.8, 4) is 11.4 Å². The maximum Gasteiger partial charge on any atom is 0.183 e. The molecule has 0 bridgehead atoms. The van der Waals surface area contributed by atoms with Gasteiger partial charge in [-0.25, -0.2) is 19.3 Å². The average molecular weight is 447 g/mol. The molecule has 0 radical (unpaired) electrons. The molecule has 166 valence electrons. The zero-order valence-electron chi connectivity index (χ0n) is 18.2. The van der Waals surface area contributed by atoms with Crippen molar-refractivity contribution in [2.24, 2.45) is 0 Å². The van der Waals surface area contributed by atoms with Crippen molar-refractivity contribution in [3.05, 3.63) is 35.5 Å². The average Bonchev–Trinajstić information content (AvgIpc) is 3.19. The van der Waals surface area contributed by atoms with Crippen molar-refractivity contribution in [1.82, 2.24) is 24.8 Å². The Labute approximate surface area is 186 Å². The number of nitrogens with zero attached hydrogens (tertiary/aromatic N) is 4. The third kappa shape index (κ3) is 5.19. The molecule has 31 heavy (non-hydrogen) atoms. The fourth-order valence-electron chi connectivity index (χ4n) is 3.69. The minimum absolute atomic E-state index is 0.00174. The smallest absolute Gasteiger partial charge is 0.183 e. The summed E-state index contributed by atoms with van der Waals surface area (Å²) in [7, 11) is 0. The van der Waals surface area contributed by atoms with E-state index < -0.39 is 5.82 Å². The van der Waals surface area contributed by atoms with E-state index in [4.69, 9.17) is 11.6 Å². The summed E-state index contributed by atoms with van der Waals surface area (Å²) in [5, 5.41) is 4.48. The molecule has 3 aromatic rings. The summed E-state index contributed by atoms with van der Waals surface area (Å²) in [5.41, 5.74) is 1.36. The molecule has 2 unspecified atom stereocenters. The van der Waals surface area contributed by atoms with Gasteiger partial charge in [-0.05, 0) is 39.3 Å². The van der Waals surface area contributed by atoms with E-state index in [0.29, 0.717) is 28.6 Å². The summed E-state index contributed by atoms with van der Waals surface area (Å²) in [6.07, 6.45) is 6.27. The van der Waals surface area contributed by atoms with Crippen LogP contribution >= 0.6 is 11.6 Å². The molecule has 0 amide bonds. The van der Waals surface area contributed by atoms with E-state index in [1.165, 1.54) is 6.20 Å². The number of pyridine rings is 1. The van der Waals surface area contributed by atoms with Crippen LogP contribution in [0.3, 0.4) is 0 Å². The molecule has 4 heterocycles. The summed E-state index contributed by atoms with van der Waals surface area (Å²) in [5.74, 6) is 0.157. The van der Waals surface area contributed by atoms with Gasteiger partial charge in [-0.3, -0.25) is 9.69 Å². The van der Waals surface area contributed by atoms with Gasteiger partial charge in [0, 0.05) is 35.9 Å². The normalized spacial score (nSPS) is 17.7. The number of hydrogen-bond acceptors (Lipinski definition) is 6. The Hall–Kier alpha value is -2.58. The van der Waals surface area contributed by atoms with Crippen LogP contribution < -0.4 is 5.32 Å². The number of likely N-dealkylation sites (tertiary alicyclic amines) is 1. The quantitative estimate of drug-likeness (QED) is 0.591. The molecule has 1 aliphatic heterocycles. The summed E-state index contributed by atoms with van der Waals surface area (Å²) >= 11 is 6.06. The van der Waals surface area contributed by atoms with E-state index in [1.54, 1.807) is 25.4 Å². The second kappa shape index (κ2) is 10.2. The third-order valence-electron chi connectivity index (χ3n) is 5.41. The number of H-pyrrole nitrogens is 1. The van der Waals surface area contributed by atoms with Gasteiger partial charge >= 0.3 is 0 Å². The summed E-state index contributed by atoms with van der Waals surface area (Å²) in [4.78, 5) is 29.7. The molecule has 1 fully saturated rings. The zero-order chi connectivity index (χ0) is 22.5. The highest BCUT2D eigenvalue weighted by Gasteiger charge is 2.26. The Balaban J connectivity index is 0.00000132. The van der Waals surface area contributed by atoms with Gasteiger partial charge in [-0.1, -0.05) is 25.4 Å². The summed E-state index contributed by atoms with van der Waals surface area (Å²) < 4.78 is 14.4. The fourth-order valence-corrected chi connectivity index (χ4v) is 3.85. The lowest BCUT2D eigenvalue weighted by Gasteiger charge is -2.36. The van der Waals surface area contributed by atoms with Gasteiger partial charge in [0.15, 0.2) is 17.5 Å². The number of ketones is 1. The molecule has 2 N–H and O–H groups in total. The predicted molar refractivity (Wildman–Crippen MR) is 122 cm³/mol. The molecule has 0 spiro atoms. The van der Waals surface area contributed by atoms with E-state index in [2.05, 4.69) is 30.2 Å². The number of anilines is 1. The number of aromatic nitrogens is 4. The first-order valence-electron chi connectivity index (χ1n) is 10.6. The van der Waals surface area contributed by atoms with E-state index >= 15 is 0 Å². The molecule has 9 heteroatoms. The lowest BCUT2D eigenvalue weighted by Crippen LogP contribution is -2.48. The van der Waals surface area contributed by atoms with Gasteiger partial charge < -0.3 is 10.3 Å². The number of aromatic amines is 1. The van der Waals surface area contributed by atoms with Crippen LogP contribution in [0.5, 0.6) is 0 Å². The Morgan fingerprint density at radius 2 is 2.13 bits per heavy atom. The number of rotatable bonds is 5. The van der Waals surface area contributed by atoms with Crippen LogP contribution in [0.25, 0.3) is 22.4 Å².